The number of hydrogen-bond acceptors (Lipinski definition) is 2. The molecule has 1 atom stereocenters. The van der Waals surface area contributed by atoms with Crippen LogP contribution in [0.25, 0.3) is 0 Å². The minimum absolute atomic E-state index is 0.0684. The van der Waals surface area contributed by atoms with Crippen molar-refractivity contribution >= 4 is 40.8 Å². The third-order valence-corrected chi connectivity index (χ3v) is 3.05. The smallest absolute Gasteiger partial charge is 0.319 e. The third-order valence-electron chi connectivity index (χ3n) is 2.49. The molecule has 1 aliphatic rings. The first kappa shape index (κ1) is 13.0. The summed E-state index contributed by atoms with van der Waals surface area (Å²) in [7, 11) is 0. The molecule has 0 unspecified atom stereocenters. The van der Waals surface area contributed by atoms with Crippen LogP contribution in [0.3, 0.4) is 0 Å². The number of amides is 3. The van der Waals surface area contributed by atoms with E-state index >= 15 is 0 Å². The number of halogens is 2. The minimum Gasteiger partial charge on any atom is -0.354 e. The molecule has 1 fully saturated rings. The van der Waals surface area contributed by atoms with E-state index in [4.69, 9.17) is 23.2 Å². The molecule has 96 valence electrons. The van der Waals surface area contributed by atoms with Crippen molar-refractivity contribution < 1.29 is 9.59 Å². The van der Waals surface area contributed by atoms with E-state index in [1.165, 1.54) is 0 Å². The molecule has 0 aliphatic carbocycles. The Balaban J connectivity index is 1.94. The molecule has 1 saturated heterocycles. The number of hydrogen-bond donors (Lipinski definition) is 3. The summed E-state index contributed by atoms with van der Waals surface area (Å²) < 4.78 is 0. The van der Waals surface area contributed by atoms with E-state index < -0.39 is 6.03 Å². The van der Waals surface area contributed by atoms with Gasteiger partial charge in [-0.15, -0.1) is 0 Å². The fourth-order valence-electron chi connectivity index (χ4n) is 1.64. The van der Waals surface area contributed by atoms with Crippen LogP contribution in [-0.4, -0.2) is 24.5 Å². The monoisotopic (exact) mass is 287 g/mol. The zero-order valence-corrected chi connectivity index (χ0v) is 10.8. The molecular formula is C11H11Cl2N3O2. The average molecular weight is 288 g/mol. The van der Waals surface area contributed by atoms with E-state index in [0.29, 0.717) is 22.3 Å². The van der Waals surface area contributed by atoms with Crippen molar-refractivity contribution in [2.75, 3.05) is 11.9 Å². The summed E-state index contributed by atoms with van der Waals surface area (Å²) in [6.45, 7) is 0.440. The van der Waals surface area contributed by atoms with Crippen molar-refractivity contribution in [1.29, 1.82) is 0 Å². The number of nitrogens with one attached hydrogen (secondary N) is 3. The molecule has 3 N–H and O–H groups in total. The van der Waals surface area contributed by atoms with Crippen LogP contribution in [0.5, 0.6) is 0 Å². The van der Waals surface area contributed by atoms with E-state index in [2.05, 4.69) is 16.0 Å². The van der Waals surface area contributed by atoms with Gasteiger partial charge in [-0.2, -0.15) is 0 Å². The lowest BCUT2D eigenvalue weighted by Crippen LogP contribution is -2.39. The van der Waals surface area contributed by atoms with Gasteiger partial charge in [0.2, 0.25) is 5.91 Å². The zero-order chi connectivity index (χ0) is 13.1. The van der Waals surface area contributed by atoms with Crippen molar-refractivity contribution in [2.24, 2.45) is 0 Å². The maximum Gasteiger partial charge on any atom is 0.319 e. The highest BCUT2D eigenvalue weighted by Crippen LogP contribution is 2.25. The van der Waals surface area contributed by atoms with Crippen LogP contribution in [0, 0.1) is 0 Å². The molecule has 0 radical (unpaired) electrons. The highest BCUT2D eigenvalue weighted by atomic mass is 35.5. The Kier molecular flexibility index (Phi) is 3.93. The van der Waals surface area contributed by atoms with Crippen molar-refractivity contribution in [2.45, 2.75) is 12.5 Å². The lowest BCUT2D eigenvalue weighted by molar-refractivity contribution is -0.119. The summed E-state index contributed by atoms with van der Waals surface area (Å²) in [5.41, 5.74) is 0.430. The summed E-state index contributed by atoms with van der Waals surface area (Å²) in [6, 6.07) is 4.17. The minimum atomic E-state index is -0.416. The first-order valence-electron chi connectivity index (χ1n) is 5.34. The lowest BCUT2D eigenvalue weighted by atomic mass is 10.2. The molecule has 0 bridgehead atoms. The Bertz CT molecular complexity index is 493. The van der Waals surface area contributed by atoms with Crippen molar-refractivity contribution in [3.8, 4) is 0 Å². The van der Waals surface area contributed by atoms with E-state index in [-0.39, 0.29) is 18.4 Å². The first-order chi connectivity index (χ1) is 8.54. The van der Waals surface area contributed by atoms with Gasteiger partial charge in [0.25, 0.3) is 0 Å². The summed E-state index contributed by atoms with van der Waals surface area (Å²) in [4.78, 5) is 22.6. The summed E-state index contributed by atoms with van der Waals surface area (Å²) in [5, 5.41) is 8.76. The number of urea groups is 1. The second-order valence-electron chi connectivity index (χ2n) is 3.93. The fourth-order valence-corrected chi connectivity index (χ4v) is 1.98. The molecule has 18 heavy (non-hydrogen) atoms. The van der Waals surface area contributed by atoms with E-state index in [0.717, 1.165) is 0 Å². The van der Waals surface area contributed by atoms with Gasteiger partial charge in [0.05, 0.1) is 16.8 Å². The van der Waals surface area contributed by atoms with Crippen molar-refractivity contribution in [3.63, 3.8) is 0 Å². The molecule has 1 aromatic carbocycles. The third kappa shape index (κ3) is 3.27. The molecule has 0 spiro atoms. The maximum atomic E-state index is 11.7. The zero-order valence-electron chi connectivity index (χ0n) is 9.30. The van der Waals surface area contributed by atoms with Gasteiger partial charge in [-0.25, -0.2) is 4.79 Å². The second-order valence-corrected chi connectivity index (χ2v) is 4.77. The van der Waals surface area contributed by atoms with Crippen LogP contribution < -0.4 is 16.0 Å². The average Bonchev–Trinajstić information content (AvgIpc) is 2.69. The number of anilines is 1. The number of carbonyl (C=O) groups is 2. The van der Waals surface area contributed by atoms with Gasteiger partial charge < -0.3 is 16.0 Å². The molecule has 1 heterocycles. The number of carbonyl (C=O) groups excluding carboxylic acids is 2. The normalized spacial score (nSPS) is 18.3. The summed E-state index contributed by atoms with van der Waals surface area (Å²) in [6.07, 6.45) is 0.288. The fraction of sp³-hybridized carbons (Fsp3) is 0.273. The van der Waals surface area contributed by atoms with E-state index in [1.807, 2.05) is 0 Å². The van der Waals surface area contributed by atoms with Crippen LogP contribution >= 0.6 is 23.2 Å². The van der Waals surface area contributed by atoms with Gasteiger partial charge in [0.1, 0.15) is 0 Å². The van der Waals surface area contributed by atoms with E-state index in [1.54, 1.807) is 18.2 Å². The number of rotatable bonds is 2. The Morgan fingerprint density at radius 1 is 1.39 bits per heavy atom. The van der Waals surface area contributed by atoms with Gasteiger partial charge in [0, 0.05) is 18.0 Å². The van der Waals surface area contributed by atoms with Crippen LogP contribution in [0.4, 0.5) is 10.5 Å². The van der Waals surface area contributed by atoms with Gasteiger partial charge in [-0.3, -0.25) is 4.79 Å². The quantitative estimate of drug-likeness (QED) is 0.779. The topological polar surface area (TPSA) is 70.2 Å². The van der Waals surface area contributed by atoms with Gasteiger partial charge in [-0.1, -0.05) is 23.2 Å². The first-order valence-corrected chi connectivity index (χ1v) is 6.09. The Morgan fingerprint density at radius 2 is 2.17 bits per heavy atom. The summed E-state index contributed by atoms with van der Waals surface area (Å²) in [5.74, 6) is -0.0684. The maximum absolute atomic E-state index is 11.7. The highest BCUT2D eigenvalue weighted by molar-refractivity contribution is 6.35. The predicted octanol–water partition coefficient (Wildman–Crippen LogP) is 2.00. The highest BCUT2D eigenvalue weighted by Gasteiger charge is 2.22. The lowest BCUT2D eigenvalue weighted by Gasteiger charge is -2.12. The Labute approximate surface area is 114 Å². The summed E-state index contributed by atoms with van der Waals surface area (Å²) >= 11 is 11.7. The number of benzene rings is 1. The van der Waals surface area contributed by atoms with Crippen LogP contribution in [0.15, 0.2) is 18.2 Å². The molecule has 3 amide bonds. The van der Waals surface area contributed by atoms with Crippen LogP contribution in [-0.2, 0) is 4.79 Å². The molecule has 0 aromatic heterocycles. The molecule has 7 heteroatoms. The Hall–Kier alpha value is -1.46. The van der Waals surface area contributed by atoms with Crippen molar-refractivity contribution in [1.82, 2.24) is 10.6 Å². The van der Waals surface area contributed by atoms with Crippen LogP contribution in [0.2, 0.25) is 10.0 Å². The second kappa shape index (κ2) is 5.46. The Morgan fingerprint density at radius 3 is 2.83 bits per heavy atom. The molecule has 5 nitrogen and oxygen atoms in total. The molecular weight excluding hydrogens is 277 g/mol. The predicted molar refractivity (Wildman–Crippen MR) is 70.0 cm³/mol. The SMILES string of the molecule is O=C1C[C@H](NC(=O)Nc2cc(Cl)ccc2Cl)CN1. The molecule has 1 aliphatic heterocycles. The molecule has 0 saturated carbocycles. The van der Waals surface area contributed by atoms with Gasteiger partial charge in [-0.05, 0) is 18.2 Å². The van der Waals surface area contributed by atoms with E-state index in [9.17, 15) is 9.59 Å². The van der Waals surface area contributed by atoms with Crippen molar-refractivity contribution in [3.05, 3.63) is 28.2 Å². The standard InChI is InChI=1S/C11H11Cl2N3O2/c12-6-1-2-8(13)9(3-6)16-11(18)15-7-4-10(17)14-5-7/h1-3,7H,4-5H2,(H,14,17)(H2,15,16,18)/t7-/m0/s1. The van der Waals surface area contributed by atoms with Gasteiger partial charge >= 0.3 is 6.03 Å². The van der Waals surface area contributed by atoms with Crippen LogP contribution in [0.1, 0.15) is 6.42 Å². The van der Waals surface area contributed by atoms with Gasteiger partial charge in [0.15, 0.2) is 0 Å². The largest absolute Gasteiger partial charge is 0.354 e. The molecule has 2 rings (SSSR count). The molecule has 1 aromatic rings.